The van der Waals surface area contributed by atoms with Gasteiger partial charge in [0.15, 0.2) is 0 Å². The number of carboxylic acid groups (broad SMARTS) is 1. The third kappa shape index (κ3) is 2.99. The van der Waals surface area contributed by atoms with Gasteiger partial charge in [-0.25, -0.2) is 4.79 Å². The highest BCUT2D eigenvalue weighted by atomic mass is 31.0. The van der Waals surface area contributed by atoms with Crippen LogP contribution in [0.2, 0.25) is 0 Å². The van der Waals surface area contributed by atoms with E-state index in [2.05, 4.69) is 11.6 Å². The fraction of sp³-hybridized carbons (Fsp3) is 0.167. The Morgan fingerprint density at radius 1 is 1.56 bits per heavy atom. The molecular weight excluding hydrogens is 259 g/mol. The molecule has 1 unspecified atom stereocenters. The van der Waals surface area contributed by atoms with Gasteiger partial charge in [0.05, 0.1) is 5.56 Å². The van der Waals surface area contributed by atoms with E-state index >= 15 is 0 Å². The minimum absolute atomic E-state index is 0.0731. The first-order valence-corrected chi connectivity index (χ1v) is 5.55. The normalized spacial score (nSPS) is 11.8. The lowest BCUT2D eigenvalue weighted by Crippen LogP contribution is -2.11. The molecule has 0 aliphatic carbocycles. The molecule has 0 aliphatic rings. The molecular formula is C12H12F2NO2P. The van der Waals surface area contributed by atoms with Crippen LogP contribution in [0.1, 0.15) is 27.0 Å². The highest BCUT2D eigenvalue weighted by Gasteiger charge is 2.28. The van der Waals surface area contributed by atoms with Crippen LogP contribution in [-0.2, 0) is 5.66 Å². The monoisotopic (exact) mass is 271 g/mol. The molecule has 6 heteroatoms. The lowest BCUT2D eigenvalue weighted by Gasteiger charge is -2.16. The maximum absolute atomic E-state index is 13.3. The van der Waals surface area contributed by atoms with Gasteiger partial charge in [0.2, 0.25) is 0 Å². The van der Waals surface area contributed by atoms with Crippen molar-refractivity contribution in [2.75, 3.05) is 0 Å². The number of aromatic carboxylic acids is 1. The molecule has 18 heavy (non-hydrogen) atoms. The van der Waals surface area contributed by atoms with E-state index in [1.54, 1.807) is 0 Å². The summed E-state index contributed by atoms with van der Waals surface area (Å²) in [5.74, 6) is -1.19. The number of alkyl halides is 2. The molecule has 0 saturated carbocycles. The van der Waals surface area contributed by atoms with Gasteiger partial charge in [0.25, 0.3) is 5.66 Å². The highest BCUT2D eigenvalue weighted by molar-refractivity contribution is 7.17. The van der Waals surface area contributed by atoms with Crippen LogP contribution in [0.4, 0.5) is 8.78 Å². The summed E-state index contributed by atoms with van der Waals surface area (Å²) >= 11 is 0. The quantitative estimate of drug-likeness (QED) is 0.675. The van der Waals surface area contributed by atoms with Crippen LogP contribution in [0.3, 0.4) is 0 Å². The highest BCUT2D eigenvalue weighted by Crippen LogP contribution is 2.38. The van der Waals surface area contributed by atoms with Crippen molar-refractivity contribution in [3.05, 3.63) is 47.2 Å². The van der Waals surface area contributed by atoms with Crippen LogP contribution >= 0.6 is 9.24 Å². The smallest absolute Gasteiger partial charge is 0.336 e. The SMILES string of the molecule is C=CN=Cc1c(C(=O)O)ccc(C(F)(F)P)c1C. The summed E-state index contributed by atoms with van der Waals surface area (Å²) in [5.41, 5.74) is -3.10. The van der Waals surface area contributed by atoms with Gasteiger partial charge in [0, 0.05) is 23.5 Å². The molecule has 0 fully saturated rings. The first-order valence-electron chi connectivity index (χ1n) is 4.97. The second-order valence-electron chi connectivity index (χ2n) is 3.59. The van der Waals surface area contributed by atoms with Gasteiger partial charge in [-0.05, 0) is 18.6 Å². The van der Waals surface area contributed by atoms with E-state index in [1.165, 1.54) is 28.6 Å². The van der Waals surface area contributed by atoms with Gasteiger partial charge in [-0.2, -0.15) is 8.78 Å². The Bertz CT molecular complexity index is 522. The molecule has 0 amide bonds. The molecule has 1 aromatic rings. The average Bonchev–Trinajstić information content (AvgIpc) is 2.25. The van der Waals surface area contributed by atoms with Crippen molar-refractivity contribution in [1.82, 2.24) is 0 Å². The minimum atomic E-state index is -3.11. The van der Waals surface area contributed by atoms with Gasteiger partial charge in [-0.3, -0.25) is 4.99 Å². The first kappa shape index (κ1) is 14.5. The number of aliphatic imine (C=N–C) groups is 1. The summed E-state index contributed by atoms with van der Waals surface area (Å²) in [5, 5.41) is 9.00. The van der Waals surface area contributed by atoms with Crippen LogP contribution in [-0.4, -0.2) is 17.3 Å². The summed E-state index contributed by atoms with van der Waals surface area (Å²) in [6.07, 6.45) is 2.42. The molecule has 3 nitrogen and oxygen atoms in total. The van der Waals surface area contributed by atoms with E-state index < -0.39 is 11.6 Å². The van der Waals surface area contributed by atoms with Crippen molar-refractivity contribution in [2.24, 2.45) is 4.99 Å². The van der Waals surface area contributed by atoms with Crippen LogP contribution in [0, 0.1) is 6.92 Å². The molecule has 0 aliphatic heterocycles. The van der Waals surface area contributed by atoms with Crippen LogP contribution < -0.4 is 0 Å². The van der Waals surface area contributed by atoms with Crippen molar-refractivity contribution in [1.29, 1.82) is 0 Å². The van der Waals surface area contributed by atoms with E-state index in [0.29, 0.717) is 0 Å². The molecule has 1 aromatic carbocycles. The van der Waals surface area contributed by atoms with Crippen molar-refractivity contribution in [2.45, 2.75) is 12.6 Å². The summed E-state index contributed by atoms with van der Waals surface area (Å²) in [6, 6.07) is 2.25. The predicted octanol–water partition coefficient (Wildman–Crippen LogP) is 3.18. The lowest BCUT2D eigenvalue weighted by molar-refractivity contribution is 0.0695. The molecule has 0 spiro atoms. The fourth-order valence-electron chi connectivity index (χ4n) is 1.57. The van der Waals surface area contributed by atoms with Crippen molar-refractivity contribution in [3.8, 4) is 0 Å². The Labute approximate surface area is 105 Å². The summed E-state index contributed by atoms with van der Waals surface area (Å²) in [4.78, 5) is 14.7. The van der Waals surface area contributed by atoms with Crippen molar-refractivity contribution >= 4 is 21.4 Å². The summed E-state index contributed by atoms with van der Waals surface area (Å²) in [7, 11) is 1.43. The number of benzene rings is 1. The van der Waals surface area contributed by atoms with E-state index in [9.17, 15) is 13.6 Å². The Kier molecular flexibility index (Phi) is 4.30. The van der Waals surface area contributed by atoms with E-state index in [1.807, 2.05) is 0 Å². The van der Waals surface area contributed by atoms with Gasteiger partial charge in [-0.15, -0.1) is 0 Å². The Morgan fingerprint density at radius 3 is 2.61 bits per heavy atom. The molecule has 0 bridgehead atoms. The molecule has 1 N–H and O–H groups in total. The van der Waals surface area contributed by atoms with Crippen molar-refractivity contribution in [3.63, 3.8) is 0 Å². The largest absolute Gasteiger partial charge is 0.478 e. The number of nitrogens with zero attached hydrogens (tertiary/aromatic N) is 1. The van der Waals surface area contributed by atoms with Gasteiger partial charge < -0.3 is 5.11 Å². The zero-order valence-corrected chi connectivity index (χ0v) is 10.8. The third-order valence-corrected chi connectivity index (χ3v) is 2.72. The summed E-state index contributed by atoms with van der Waals surface area (Å²) in [6.45, 7) is 4.79. The molecule has 0 heterocycles. The number of halogens is 2. The molecule has 0 saturated heterocycles. The van der Waals surface area contributed by atoms with Gasteiger partial charge >= 0.3 is 5.97 Å². The number of hydrogen-bond acceptors (Lipinski definition) is 2. The van der Waals surface area contributed by atoms with E-state index in [4.69, 9.17) is 5.11 Å². The standard InChI is InChI=1S/C12H12F2NO2P/c1-3-15-6-9-7(2)10(12(13,14)18)5-4-8(9)11(16)17/h3-6H,1,18H2,2H3,(H,16,17). The zero-order chi connectivity index (χ0) is 13.9. The van der Waals surface area contributed by atoms with Gasteiger partial charge in [-0.1, -0.05) is 21.9 Å². The zero-order valence-electron chi connectivity index (χ0n) is 9.65. The Balaban J connectivity index is 3.54. The van der Waals surface area contributed by atoms with E-state index in [-0.39, 0.29) is 22.3 Å². The van der Waals surface area contributed by atoms with Gasteiger partial charge in [0.1, 0.15) is 0 Å². The van der Waals surface area contributed by atoms with Crippen molar-refractivity contribution < 1.29 is 18.7 Å². The number of carbonyl (C=O) groups is 1. The molecule has 0 radical (unpaired) electrons. The lowest BCUT2D eigenvalue weighted by atomic mass is 9.97. The minimum Gasteiger partial charge on any atom is -0.478 e. The molecule has 1 atom stereocenters. The topological polar surface area (TPSA) is 49.7 Å². The van der Waals surface area contributed by atoms with E-state index in [0.717, 1.165) is 12.1 Å². The van der Waals surface area contributed by atoms with Crippen LogP contribution in [0.15, 0.2) is 29.9 Å². The second-order valence-corrected chi connectivity index (χ2v) is 4.31. The van der Waals surface area contributed by atoms with Crippen LogP contribution in [0.5, 0.6) is 0 Å². The molecule has 0 aromatic heterocycles. The Morgan fingerprint density at radius 2 is 2.17 bits per heavy atom. The third-order valence-electron chi connectivity index (χ3n) is 2.41. The Hall–Kier alpha value is -1.61. The number of carboxylic acids is 1. The average molecular weight is 271 g/mol. The van der Waals surface area contributed by atoms with Crippen LogP contribution in [0.25, 0.3) is 0 Å². The molecule has 1 rings (SSSR count). The summed E-state index contributed by atoms with van der Waals surface area (Å²) < 4.78 is 26.6. The number of rotatable bonds is 4. The first-order chi connectivity index (χ1) is 8.29. The fourth-order valence-corrected chi connectivity index (χ4v) is 1.88. The maximum atomic E-state index is 13.3. The maximum Gasteiger partial charge on any atom is 0.336 e. The number of hydrogen-bond donors (Lipinski definition) is 1. The second kappa shape index (κ2) is 5.36. The predicted molar refractivity (Wildman–Crippen MR) is 69.5 cm³/mol. The molecule has 96 valence electrons.